The number of hydrogen-bond donors (Lipinski definition) is 2. The van der Waals surface area contributed by atoms with E-state index in [4.69, 9.17) is 11.5 Å². The Hall–Kier alpha value is -1.14. The van der Waals surface area contributed by atoms with E-state index in [1.54, 1.807) is 4.90 Å². The van der Waals surface area contributed by atoms with Gasteiger partial charge >= 0.3 is 0 Å². The molecule has 0 bridgehead atoms. The number of rotatable bonds is 4. The van der Waals surface area contributed by atoms with Crippen LogP contribution in [0.1, 0.15) is 6.42 Å². The van der Waals surface area contributed by atoms with Crippen LogP contribution in [-0.4, -0.2) is 60.9 Å². The third kappa shape index (κ3) is 3.85. The number of hydrogen-bond acceptors (Lipinski definition) is 4. The molecule has 0 aromatic rings. The van der Waals surface area contributed by atoms with Crippen molar-refractivity contribution in [3.8, 4) is 0 Å². The molecule has 1 heterocycles. The van der Waals surface area contributed by atoms with Gasteiger partial charge in [0.25, 0.3) is 0 Å². The second-order valence-corrected chi connectivity index (χ2v) is 3.66. The van der Waals surface area contributed by atoms with Crippen molar-refractivity contribution in [2.24, 2.45) is 11.5 Å². The Balaban J connectivity index is 2.29. The SMILES string of the molecule is NCCC(=O)N1CCN(CC(N)=O)CC1. The van der Waals surface area contributed by atoms with Crippen molar-refractivity contribution in [2.45, 2.75) is 6.42 Å². The maximum atomic E-state index is 11.5. The maximum Gasteiger partial charge on any atom is 0.231 e. The molecule has 1 aliphatic rings. The van der Waals surface area contributed by atoms with E-state index in [1.165, 1.54) is 0 Å². The summed E-state index contributed by atoms with van der Waals surface area (Å²) in [4.78, 5) is 25.9. The number of amides is 2. The van der Waals surface area contributed by atoms with Gasteiger partial charge in [-0.3, -0.25) is 14.5 Å². The zero-order chi connectivity index (χ0) is 11.3. The molecule has 0 aromatic heterocycles. The zero-order valence-corrected chi connectivity index (χ0v) is 8.82. The molecule has 1 aliphatic heterocycles. The summed E-state index contributed by atoms with van der Waals surface area (Å²) >= 11 is 0. The van der Waals surface area contributed by atoms with Crippen LogP contribution in [0.3, 0.4) is 0 Å². The van der Waals surface area contributed by atoms with Crippen molar-refractivity contribution >= 4 is 11.8 Å². The molecule has 15 heavy (non-hydrogen) atoms. The quantitative estimate of drug-likeness (QED) is 0.564. The molecule has 1 rings (SSSR count). The van der Waals surface area contributed by atoms with Gasteiger partial charge in [0.2, 0.25) is 11.8 Å². The predicted molar refractivity (Wildman–Crippen MR) is 55.9 cm³/mol. The lowest BCUT2D eigenvalue weighted by atomic mass is 10.2. The maximum absolute atomic E-state index is 11.5. The van der Waals surface area contributed by atoms with E-state index in [0.29, 0.717) is 39.1 Å². The van der Waals surface area contributed by atoms with E-state index >= 15 is 0 Å². The molecule has 0 aromatic carbocycles. The van der Waals surface area contributed by atoms with Gasteiger partial charge in [0.15, 0.2) is 0 Å². The molecule has 86 valence electrons. The number of carbonyl (C=O) groups is 2. The highest BCUT2D eigenvalue weighted by Gasteiger charge is 2.20. The molecule has 1 fully saturated rings. The fourth-order valence-corrected chi connectivity index (χ4v) is 1.66. The fourth-order valence-electron chi connectivity index (χ4n) is 1.66. The number of nitrogens with two attached hydrogens (primary N) is 2. The van der Waals surface area contributed by atoms with Crippen molar-refractivity contribution in [2.75, 3.05) is 39.3 Å². The van der Waals surface area contributed by atoms with Gasteiger partial charge in [-0.2, -0.15) is 0 Å². The van der Waals surface area contributed by atoms with E-state index in [2.05, 4.69) is 0 Å². The molecule has 0 spiro atoms. The Bertz CT molecular complexity index is 236. The Kier molecular flexibility index (Phi) is 4.51. The average Bonchev–Trinajstić information content (AvgIpc) is 2.18. The molecule has 0 atom stereocenters. The zero-order valence-electron chi connectivity index (χ0n) is 8.82. The van der Waals surface area contributed by atoms with Gasteiger partial charge in [0.1, 0.15) is 0 Å². The molecule has 6 heteroatoms. The van der Waals surface area contributed by atoms with Gasteiger partial charge in [-0.25, -0.2) is 0 Å². The first-order valence-corrected chi connectivity index (χ1v) is 5.12. The first-order chi connectivity index (χ1) is 7.13. The molecule has 0 saturated carbocycles. The molecule has 4 N–H and O–H groups in total. The Morgan fingerprint density at radius 2 is 1.73 bits per heavy atom. The van der Waals surface area contributed by atoms with Crippen LogP contribution in [-0.2, 0) is 9.59 Å². The van der Waals surface area contributed by atoms with Crippen molar-refractivity contribution in [3.63, 3.8) is 0 Å². The largest absolute Gasteiger partial charge is 0.369 e. The van der Waals surface area contributed by atoms with Gasteiger partial charge < -0.3 is 16.4 Å². The summed E-state index contributed by atoms with van der Waals surface area (Å²) in [5.74, 6) is -0.229. The van der Waals surface area contributed by atoms with Crippen molar-refractivity contribution in [1.82, 2.24) is 9.80 Å². The van der Waals surface area contributed by atoms with Gasteiger partial charge in [-0.15, -0.1) is 0 Å². The number of nitrogens with zero attached hydrogens (tertiary/aromatic N) is 2. The molecular weight excluding hydrogens is 196 g/mol. The van der Waals surface area contributed by atoms with Crippen LogP contribution in [0.4, 0.5) is 0 Å². The monoisotopic (exact) mass is 214 g/mol. The predicted octanol–water partition coefficient (Wildman–Crippen LogP) is -2.04. The van der Waals surface area contributed by atoms with Gasteiger partial charge in [0.05, 0.1) is 6.54 Å². The highest BCUT2D eigenvalue weighted by atomic mass is 16.2. The molecule has 6 nitrogen and oxygen atoms in total. The van der Waals surface area contributed by atoms with Crippen LogP contribution in [0.15, 0.2) is 0 Å². The van der Waals surface area contributed by atoms with Crippen LogP contribution < -0.4 is 11.5 Å². The van der Waals surface area contributed by atoms with Crippen molar-refractivity contribution < 1.29 is 9.59 Å². The van der Waals surface area contributed by atoms with Crippen molar-refractivity contribution in [1.29, 1.82) is 0 Å². The summed E-state index contributed by atoms with van der Waals surface area (Å²) in [6, 6.07) is 0. The summed E-state index contributed by atoms with van der Waals surface area (Å²) in [5.41, 5.74) is 10.4. The molecule has 1 saturated heterocycles. The smallest absolute Gasteiger partial charge is 0.231 e. The summed E-state index contributed by atoms with van der Waals surface area (Å²) in [6.07, 6.45) is 0.399. The third-order valence-corrected chi connectivity index (χ3v) is 2.46. The third-order valence-electron chi connectivity index (χ3n) is 2.46. The first kappa shape index (κ1) is 11.9. The highest BCUT2D eigenvalue weighted by Crippen LogP contribution is 2.02. The number of carbonyl (C=O) groups excluding carboxylic acids is 2. The normalized spacial score (nSPS) is 17.8. The average molecular weight is 214 g/mol. The molecule has 2 amide bonds. The fraction of sp³-hybridized carbons (Fsp3) is 0.778. The minimum absolute atomic E-state index is 0.0937. The summed E-state index contributed by atoms with van der Waals surface area (Å²) in [6.45, 7) is 3.40. The Morgan fingerprint density at radius 1 is 1.13 bits per heavy atom. The summed E-state index contributed by atoms with van der Waals surface area (Å²) in [7, 11) is 0. The van der Waals surface area contributed by atoms with E-state index in [0.717, 1.165) is 0 Å². The Labute approximate surface area is 89.2 Å². The lowest BCUT2D eigenvalue weighted by molar-refractivity contribution is -0.132. The van der Waals surface area contributed by atoms with E-state index in [9.17, 15) is 9.59 Å². The number of piperazine rings is 1. The highest BCUT2D eigenvalue weighted by molar-refractivity contribution is 5.77. The lowest BCUT2D eigenvalue weighted by Gasteiger charge is -2.34. The van der Waals surface area contributed by atoms with Crippen LogP contribution in [0.25, 0.3) is 0 Å². The second kappa shape index (κ2) is 5.67. The first-order valence-electron chi connectivity index (χ1n) is 5.12. The molecule has 0 radical (unpaired) electrons. The molecular formula is C9H18N4O2. The standard InChI is InChI=1S/C9H18N4O2/c10-2-1-9(15)13-5-3-12(4-6-13)7-8(11)14/h1-7,10H2,(H2,11,14). The van der Waals surface area contributed by atoms with E-state index < -0.39 is 0 Å². The minimum Gasteiger partial charge on any atom is -0.369 e. The number of primary amides is 1. The van der Waals surface area contributed by atoms with E-state index in [1.807, 2.05) is 4.90 Å². The molecule has 0 unspecified atom stereocenters. The van der Waals surface area contributed by atoms with Gasteiger partial charge in [-0.1, -0.05) is 0 Å². The van der Waals surface area contributed by atoms with Gasteiger partial charge in [-0.05, 0) is 0 Å². The van der Waals surface area contributed by atoms with Crippen LogP contribution >= 0.6 is 0 Å². The van der Waals surface area contributed by atoms with Crippen LogP contribution in [0.5, 0.6) is 0 Å². The summed E-state index contributed by atoms with van der Waals surface area (Å²) in [5, 5.41) is 0. The van der Waals surface area contributed by atoms with Crippen LogP contribution in [0, 0.1) is 0 Å². The van der Waals surface area contributed by atoms with Crippen molar-refractivity contribution in [3.05, 3.63) is 0 Å². The van der Waals surface area contributed by atoms with E-state index in [-0.39, 0.29) is 18.4 Å². The lowest BCUT2D eigenvalue weighted by Crippen LogP contribution is -2.50. The molecule has 0 aliphatic carbocycles. The van der Waals surface area contributed by atoms with Gasteiger partial charge in [0, 0.05) is 39.1 Å². The van der Waals surface area contributed by atoms with Crippen LogP contribution in [0.2, 0.25) is 0 Å². The Morgan fingerprint density at radius 3 is 2.20 bits per heavy atom. The topological polar surface area (TPSA) is 92.7 Å². The minimum atomic E-state index is -0.322. The summed E-state index contributed by atoms with van der Waals surface area (Å²) < 4.78 is 0. The second-order valence-electron chi connectivity index (χ2n) is 3.66.